The van der Waals surface area contributed by atoms with Crippen LogP contribution in [0.25, 0.3) is 0 Å². The van der Waals surface area contributed by atoms with Gasteiger partial charge in [-0.05, 0) is 24.3 Å². The predicted molar refractivity (Wildman–Crippen MR) is 83.2 cm³/mol. The molecule has 0 bridgehead atoms. The van der Waals surface area contributed by atoms with Crippen molar-refractivity contribution in [2.24, 2.45) is 4.99 Å². The third kappa shape index (κ3) is 4.26. The minimum absolute atomic E-state index is 0.00457. The molecule has 0 saturated heterocycles. The van der Waals surface area contributed by atoms with E-state index >= 15 is 0 Å². The Morgan fingerprint density at radius 3 is 2.25 bits per heavy atom. The van der Waals surface area contributed by atoms with E-state index in [1.165, 1.54) is 6.08 Å². The standard InChI is InChI=1S/C15H21F2NOSi/c1-6-11-15(16,17)14(20(3,4)5)18-12-7-9-13(19-2)10-8-12/h6-10H,1,11H2,2-5H3. The summed E-state index contributed by atoms with van der Waals surface area (Å²) < 4.78 is 33.5. The highest BCUT2D eigenvalue weighted by Gasteiger charge is 2.42. The second-order valence-corrected chi connectivity index (χ2v) is 10.6. The van der Waals surface area contributed by atoms with E-state index in [0.717, 1.165) is 0 Å². The Morgan fingerprint density at radius 1 is 1.30 bits per heavy atom. The summed E-state index contributed by atoms with van der Waals surface area (Å²) in [7, 11) is -0.683. The summed E-state index contributed by atoms with van der Waals surface area (Å²) in [6.07, 6.45) is 0.857. The SMILES string of the molecule is C=CCC(F)(F)C(=Nc1ccc(OC)cc1)[Si](C)(C)C. The van der Waals surface area contributed by atoms with Crippen LogP contribution >= 0.6 is 0 Å². The van der Waals surface area contributed by atoms with Gasteiger partial charge in [-0.3, -0.25) is 4.99 Å². The Bertz CT molecular complexity index is 490. The number of hydrogen-bond donors (Lipinski definition) is 0. The Morgan fingerprint density at radius 2 is 1.85 bits per heavy atom. The molecule has 0 aliphatic rings. The first-order chi connectivity index (χ1) is 9.20. The zero-order valence-electron chi connectivity index (χ0n) is 12.4. The lowest BCUT2D eigenvalue weighted by Gasteiger charge is -2.26. The largest absolute Gasteiger partial charge is 0.497 e. The molecule has 0 radical (unpaired) electrons. The number of alkyl halides is 2. The molecule has 110 valence electrons. The van der Waals surface area contributed by atoms with E-state index in [4.69, 9.17) is 4.74 Å². The van der Waals surface area contributed by atoms with Crippen molar-refractivity contribution in [3.05, 3.63) is 36.9 Å². The van der Waals surface area contributed by atoms with Crippen LogP contribution in [0.5, 0.6) is 5.75 Å². The van der Waals surface area contributed by atoms with E-state index in [0.29, 0.717) is 11.4 Å². The molecular weight excluding hydrogens is 276 g/mol. The van der Waals surface area contributed by atoms with E-state index in [1.54, 1.807) is 31.4 Å². The number of ether oxygens (including phenoxy) is 1. The van der Waals surface area contributed by atoms with E-state index < -0.39 is 14.0 Å². The molecule has 0 heterocycles. The topological polar surface area (TPSA) is 21.6 Å². The molecule has 2 nitrogen and oxygen atoms in total. The van der Waals surface area contributed by atoms with Crippen molar-refractivity contribution in [1.29, 1.82) is 0 Å². The minimum Gasteiger partial charge on any atom is -0.497 e. The molecule has 0 aliphatic carbocycles. The number of benzene rings is 1. The van der Waals surface area contributed by atoms with Crippen molar-refractivity contribution in [1.82, 2.24) is 0 Å². The molecule has 0 N–H and O–H groups in total. The molecule has 1 rings (SSSR count). The van der Waals surface area contributed by atoms with E-state index in [2.05, 4.69) is 11.6 Å². The quantitative estimate of drug-likeness (QED) is 0.417. The van der Waals surface area contributed by atoms with Crippen molar-refractivity contribution in [3.63, 3.8) is 0 Å². The first kappa shape index (κ1) is 16.6. The lowest BCUT2D eigenvalue weighted by molar-refractivity contribution is 0.0844. The van der Waals surface area contributed by atoms with Gasteiger partial charge in [0.1, 0.15) is 13.8 Å². The second kappa shape index (κ2) is 6.30. The van der Waals surface area contributed by atoms with Crippen molar-refractivity contribution in [3.8, 4) is 5.75 Å². The molecular formula is C15H21F2NOSi. The van der Waals surface area contributed by atoms with Crippen LogP contribution in [-0.2, 0) is 0 Å². The van der Waals surface area contributed by atoms with E-state index in [1.807, 2.05) is 19.6 Å². The van der Waals surface area contributed by atoms with Crippen LogP contribution in [0.4, 0.5) is 14.5 Å². The smallest absolute Gasteiger partial charge is 0.285 e. The summed E-state index contributed by atoms with van der Waals surface area (Å²) in [5, 5.41) is -0.00457. The average molecular weight is 297 g/mol. The molecule has 0 aromatic heterocycles. The van der Waals surface area contributed by atoms with Crippen molar-refractivity contribution >= 4 is 19.1 Å². The molecule has 0 spiro atoms. The predicted octanol–water partition coefficient (Wildman–Crippen LogP) is 4.86. The Hall–Kier alpha value is -1.49. The van der Waals surface area contributed by atoms with Gasteiger partial charge in [-0.15, -0.1) is 6.58 Å². The van der Waals surface area contributed by atoms with Crippen LogP contribution in [0.15, 0.2) is 41.9 Å². The fraction of sp³-hybridized carbons (Fsp3) is 0.400. The lowest BCUT2D eigenvalue weighted by atomic mass is 10.2. The van der Waals surface area contributed by atoms with Crippen LogP contribution in [-0.4, -0.2) is 26.4 Å². The first-order valence-corrected chi connectivity index (χ1v) is 9.93. The molecule has 0 amide bonds. The number of nitrogens with zero attached hydrogens (tertiary/aromatic N) is 1. The van der Waals surface area contributed by atoms with E-state index in [-0.39, 0.29) is 11.8 Å². The summed E-state index contributed by atoms with van der Waals surface area (Å²) in [6.45, 7) is 9.01. The van der Waals surface area contributed by atoms with Crippen LogP contribution in [0.2, 0.25) is 19.6 Å². The average Bonchev–Trinajstić information content (AvgIpc) is 2.35. The summed E-state index contributed by atoms with van der Waals surface area (Å²) in [6, 6.07) is 6.80. The van der Waals surface area contributed by atoms with Crippen LogP contribution in [0, 0.1) is 0 Å². The van der Waals surface area contributed by atoms with Crippen molar-refractivity contribution < 1.29 is 13.5 Å². The molecule has 1 aromatic carbocycles. The summed E-state index contributed by atoms with van der Waals surface area (Å²) in [5.41, 5.74) is 0.520. The highest BCUT2D eigenvalue weighted by molar-refractivity contribution is 7.05. The summed E-state index contributed by atoms with van der Waals surface area (Å²) >= 11 is 0. The molecule has 20 heavy (non-hydrogen) atoms. The zero-order valence-corrected chi connectivity index (χ0v) is 13.4. The molecule has 0 atom stereocenters. The van der Waals surface area contributed by atoms with Crippen LogP contribution in [0.1, 0.15) is 6.42 Å². The summed E-state index contributed by atoms with van der Waals surface area (Å²) in [5.74, 6) is -2.26. The van der Waals surface area contributed by atoms with Gasteiger partial charge in [-0.2, -0.15) is 0 Å². The monoisotopic (exact) mass is 297 g/mol. The molecule has 0 aliphatic heterocycles. The fourth-order valence-electron chi connectivity index (χ4n) is 1.86. The Balaban J connectivity index is 3.22. The second-order valence-electron chi connectivity index (χ2n) is 5.61. The van der Waals surface area contributed by atoms with Crippen LogP contribution < -0.4 is 4.74 Å². The Kier molecular flexibility index (Phi) is 5.22. The Labute approximate surface area is 120 Å². The number of aliphatic imine (C=N–C) groups is 1. The van der Waals surface area contributed by atoms with Gasteiger partial charge in [0.25, 0.3) is 5.92 Å². The molecule has 0 unspecified atom stereocenters. The molecule has 1 aromatic rings. The molecule has 5 heteroatoms. The number of hydrogen-bond acceptors (Lipinski definition) is 2. The first-order valence-electron chi connectivity index (χ1n) is 6.43. The molecule has 0 saturated carbocycles. The maximum Gasteiger partial charge on any atom is 0.285 e. The number of rotatable bonds is 6. The van der Waals surface area contributed by atoms with Gasteiger partial charge in [-0.25, -0.2) is 8.78 Å². The van der Waals surface area contributed by atoms with Gasteiger partial charge >= 0.3 is 0 Å². The summed E-state index contributed by atoms with van der Waals surface area (Å²) in [4.78, 5) is 4.22. The van der Waals surface area contributed by atoms with Gasteiger partial charge < -0.3 is 4.74 Å². The number of methoxy groups -OCH3 is 1. The maximum absolute atomic E-state index is 14.2. The third-order valence-corrected chi connectivity index (χ3v) is 4.67. The highest BCUT2D eigenvalue weighted by Crippen LogP contribution is 2.30. The van der Waals surface area contributed by atoms with E-state index in [9.17, 15) is 8.78 Å². The van der Waals surface area contributed by atoms with Gasteiger partial charge in [-0.1, -0.05) is 25.7 Å². The van der Waals surface area contributed by atoms with Crippen molar-refractivity contribution in [2.45, 2.75) is 32.0 Å². The third-order valence-electron chi connectivity index (χ3n) is 2.77. The zero-order chi connectivity index (χ0) is 15.4. The number of allylic oxidation sites excluding steroid dienone is 1. The lowest BCUT2D eigenvalue weighted by Crippen LogP contribution is -2.46. The van der Waals surface area contributed by atoms with Crippen LogP contribution in [0.3, 0.4) is 0 Å². The fourth-order valence-corrected chi connectivity index (χ4v) is 3.53. The highest BCUT2D eigenvalue weighted by atomic mass is 28.3. The normalized spacial score (nSPS) is 13.2. The minimum atomic E-state index is -2.94. The van der Waals surface area contributed by atoms with Gasteiger partial charge in [0, 0.05) is 6.42 Å². The molecule has 0 fully saturated rings. The van der Waals surface area contributed by atoms with Crippen molar-refractivity contribution in [2.75, 3.05) is 7.11 Å². The maximum atomic E-state index is 14.2. The van der Waals surface area contributed by atoms with Gasteiger partial charge in [0.05, 0.1) is 18.1 Å². The number of halogens is 2. The van der Waals surface area contributed by atoms with Gasteiger partial charge in [0.15, 0.2) is 0 Å². The van der Waals surface area contributed by atoms with Gasteiger partial charge in [0.2, 0.25) is 0 Å².